The van der Waals surface area contributed by atoms with Crippen LogP contribution in [0.1, 0.15) is 20.3 Å². The number of nitrogens with zero attached hydrogens (tertiary/aromatic N) is 5. The summed E-state index contributed by atoms with van der Waals surface area (Å²) < 4.78 is 1.98. The zero-order valence-electron chi connectivity index (χ0n) is 16.8. The second kappa shape index (κ2) is 8.66. The van der Waals surface area contributed by atoms with E-state index in [1.165, 1.54) is 11.8 Å². The van der Waals surface area contributed by atoms with Gasteiger partial charge < -0.3 is 14.8 Å². The maximum Gasteiger partial charge on any atom is 0.237 e. The average Bonchev–Trinajstić information content (AvgIpc) is 3.11. The van der Waals surface area contributed by atoms with E-state index in [1.807, 2.05) is 54.8 Å². The lowest BCUT2D eigenvalue weighted by atomic mass is 10.2. The molecule has 30 heavy (non-hydrogen) atoms. The van der Waals surface area contributed by atoms with Gasteiger partial charge in [-0.2, -0.15) is 0 Å². The largest absolute Gasteiger partial charge is 0.324 e. The molecule has 1 aliphatic heterocycles. The number of nitrogens with one attached hydrogen (secondary N) is 1. The number of benzene rings is 1. The topological polar surface area (TPSA) is 93.0 Å². The highest BCUT2D eigenvalue weighted by molar-refractivity contribution is 7.99. The van der Waals surface area contributed by atoms with Crippen LogP contribution in [0.3, 0.4) is 0 Å². The molecule has 8 nitrogen and oxygen atoms in total. The van der Waals surface area contributed by atoms with Gasteiger partial charge in [-0.05, 0) is 38.1 Å². The summed E-state index contributed by atoms with van der Waals surface area (Å²) >= 11 is 1.35. The molecule has 0 fully saturated rings. The molecule has 0 spiro atoms. The smallest absolute Gasteiger partial charge is 0.237 e. The predicted molar refractivity (Wildman–Crippen MR) is 116 cm³/mol. The van der Waals surface area contributed by atoms with Crippen molar-refractivity contribution in [2.75, 3.05) is 16.0 Å². The molecule has 4 rings (SSSR count). The van der Waals surface area contributed by atoms with Gasteiger partial charge in [0.2, 0.25) is 11.8 Å². The van der Waals surface area contributed by atoms with Crippen molar-refractivity contribution in [3.63, 3.8) is 0 Å². The Morgan fingerprint density at radius 2 is 1.97 bits per heavy atom. The summed E-state index contributed by atoms with van der Waals surface area (Å²) in [5, 5.41) is 12.2. The number of pyridine rings is 1. The predicted octanol–water partition coefficient (Wildman–Crippen LogP) is 3.22. The standard InChI is InChI=1S/C21H22N6O2S/c1-3-26-20(15-8-10-22-11-9-15)24-25-21(26)30-13-19(29)27-14(2)12-18(28)23-16-6-4-5-7-17(16)27/h4-11,14H,3,12-13H2,1-2H3,(H,23,28)/t14-/m0/s1. The first-order valence-electron chi connectivity index (χ1n) is 9.75. The van der Waals surface area contributed by atoms with Crippen molar-refractivity contribution in [1.29, 1.82) is 0 Å². The second-order valence-electron chi connectivity index (χ2n) is 6.96. The van der Waals surface area contributed by atoms with Gasteiger partial charge >= 0.3 is 0 Å². The van der Waals surface area contributed by atoms with E-state index >= 15 is 0 Å². The van der Waals surface area contributed by atoms with Gasteiger partial charge in [-0.3, -0.25) is 14.6 Å². The summed E-state index contributed by atoms with van der Waals surface area (Å²) in [5.74, 6) is 0.776. The number of carbonyl (C=O) groups is 2. The van der Waals surface area contributed by atoms with Crippen molar-refractivity contribution >= 4 is 35.0 Å². The molecule has 2 aromatic heterocycles. The fourth-order valence-electron chi connectivity index (χ4n) is 3.56. The first-order chi connectivity index (χ1) is 14.6. The van der Waals surface area contributed by atoms with Crippen LogP contribution < -0.4 is 10.2 Å². The third-order valence-corrected chi connectivity index (χ3v) is 5.88. The molecule has 1 N–H and O–H groups in total. The first-order valence-corrected chi connectivity index (χ1v) is 10.7. The van der Waals surface area contributed by atoms with Crippen molar-refractivity contribution in [3.8, 4) is 11.4 Å². The molecule has 0 saturated heterocycles. The average molecular weight is 423 g/mol. The summed E-state index contributed by atoms with van der Waals surface area (Å²) in [4.78, 5) is 31.1. The SMILES string of the molecule is CCn1c(SCC(=O)N2c3ccccc3NC(=O)C[C@@H]2C)nnc1-c1ccncc1. The Labute approximate surface area is 178 Å². The van der Waals surface area contributed by atoms with Gasteiger partial charge in [-0.1, -0.05) is 23.9 Å². The highest BCUT2D eigenvalue weighted by Gasteiger charge is 2.29. The molecule has 0 radical (unpaired) electrons. The molecule has 0 unspecified atom stereocenters. The second-order valence-corrected chi connectivity index (χ2v) is 7.90. The zero-order valence-corrected chi connectivity index (χ0v) is 17.6. The first kappa shape index (κ1) is 20.1. The number of thioether (sulfide) groups is 1. The minimum Gasteiger partial charge on any atom is -0.324 e. The quantitative estimate of drug-likeness (QED) is 0.635. The van der Waals surface area contributed by atoms with E-state index in [9.17, 15) is 9.59 Å². The number of aromatic nitrogens is 4. The lowest BCUT2D eigenvalue weighted by Gasteiger charge is -2.27. The monoisotopic (exact) mass is 422 g/mol. The van der Waals surface area contributed by atoms with E-state index in [1.54, 1.807) is 17.3 Å². The number of amides is 2. The van der Waals surface area contributed by atoms with E-state index in [0.717, 1.165) is 17.1 Å². The van der Waals surface area contributed by atoms with Crippen LogP contribution in [0.25, 0.3) is 11.4 Å². The molecule has 1 aliphatic rings. The Kier molecular flexibility index (Phi) is 5.80. The third kappa shape index (κ3) is 3.93. The van der Waals surface area contributed by atoms with Crippen molar-refractivity contribution in [2.45, 2.75) is 38.0 Å². The number of anilines is 2. The Bertz CT molecular complexity index is 1070. The van der Waals surface area contributed by atoms with Crippen LogP contribution in [0, 0.1) is 0 Å². The zero-order chi connectivity index (χ0) is 21.1. The maximum atomic E-state index is 13.2. The molecule has 2 amide bonds. The molecule has 0 bridgehead atoms. The van der Waals surface area contributed by atoms with Crippen molar-refractivity contribution in [1.82, 2.24) is 19.7 Å². The summed E-state index contributed by atoms with van der Waals surface area (Å²) in [7, 11) is 0. The van der Waals surface area contributed by atoms with E-state index in [2.05, 4.69) is 20.5 Å². The van der Waals surface area contributed by atoms with E-state index in [0.29, 0.717) is 17.4 Å². The molecule has 1 atom stereocenters. The van der Waals surface area contributed by atoms with E-state index in [4.69, 9.17) is 0 Å². The number of rotatable bonds is 5. The molecular weight excluding hydrogens is 400 g/mol. The van der Waals surface area contributed by atoms with Crippen LogP contribution in [0.5, 0.6) is 0 Å². The molecule has 1 aromatic carbocycles. The van der Waals surface area contributed by atoms with Gasteiger partial charge in [0.05, 0.1) is 17.1 Å². The molecule has 0 saturated carbocycles. The van der Waals surface area contributed by atoms with Gasteiger partial charge in [0.25, 0.3) is 0 Å². The summed E-state index contributed by atoms with van der Waals surface area (Å²) in [6.45, 7) is 4.59. The fourth-order valence-corrected chi connectivity index (χ4v) is 4.42. The lowest BCUT2D eigenvalue weighted by Crippen LogP contribution is -2.40. The number of carbonyl (C=O) groups excluding carboxylic acids is 2. The Morgan fingerprint density at radius 3 is 2.73 bits per heavy atom. The van der Waals surface area contributed by atoms with Crippen LogP contribution in [-0.4, -0.2) is 43.4 Å². The molecule has 3 aromatic rings. The molecule has 9 heteroatoms. The van der Waals surface area contributed by atoms with E-state index < -0.39 is 0 Å². The minimum atomic E-state index is -0.238. The maximum absolute atomic E-state index is 13.2. The van der Waals surface area contributed by atoms with Crippen molar-refractivity contribution in [3.05, 3.63) is 48.8 Å². The van der Waals surface area contributed by atoms with E-state index in [-0.39, 0.29) is 30.0 Å². The summed E-state index contributed by atoms with van der Waals surface area (Å²) in [5.41, 5.74) is 2.30. The van der Waals surface area contributed by atoms with Crippen LogP contribution in [-0.2, 0) is 16.1 Å². The highest BCUT2D eigenvalue weighted by atomic mass is 32.2. The van der Waals surface area contributed by atoms with Crippen LogP contribution in [0.15, 0.2) is 53.9 Å². The number of para-hydroxylation sites is 2. The van der Waals surface area contributed by atoms with Gasteiger partial charge in [0.15, 0.2) is 11.0 Å². The van der Waals surface area contributed by atoms with Crippen molar-refractivity contribution in [2.24, 2.45) is 0 Å². The van der Waals surface area contributed by atoms with Crippen LogP contribution in [0.4, 0.5) is 11.4 Å². The van der Waals surface area contributed by atoms with Gasteiger partial charge in [-0.15, -0.1) is 10.2 Å². The Balaban J connectivity index is 1.55. The molecule has 0 aliphatic carbocycles. The Hall–Kier alpha value is -3.20. The van der Waals surface area contributed by atoms with Crippen molar-refractivity contribution < 1.29 is 9.59 Å². The van der Waals surface area contributed by atoms with Gasteiger partial charge in [0, 0.05) is 37.0 Å². The number of hydrogen-bond acceptors (Lipinski definition) is 6. The number of hydrogen-bond donors (Lipinski definition) is 1. The fraction of sp³-hybridized carbons (Fsp3) is 0.286. The minimum absolute atomic E-state index is 0.0763. The lowest BCUT2D eigenvalue weighted by molar-refractivity contribution is -0.117. The molecular formula is C21H22N6O2S. The normalized spacial score (nSPS) is 16.0. The van der Waals surface area contributed by atoms with Crippen LogP contribution >= 0.6 is 11.8 Å². The number of fused-ring (bicyclic) bond motifs is 1. The molecule has 154 valence electrons. The van der Waals surface area contributed by atoms with Gasteiger partial charge in [-0.25, -0.2) is 0 Å². The summed E-state index contributed by atoms with van der Waals surface area (Å²) in [6.07, 6.45) is 3.68. The Morgan fingerprint density at radius 1 is 1.20 bits per heavy atom. The van der Waals surface area contributed by atoms with Crippen LogP contribution in [0.2, 0.25) is 0 Å². The highest BCUT2D eigenvalue weighted by Crippen LogP contribution is 2.32. The molecule has 3 heterocycles. The van der Waals surface area contributed by atoms with Gasteiger partial charge in [0.1, 0.15) is 0 Å². The summed E-state index contributed by atoms with van der Waals surface area (Å²) in [6, 6.07) is 10.9. The third-order valence-electron chi connectivity index (χ3n) is 4.92.